The minimum atomic E-state index is 0.825. The van der Waals surface area contributed by atoms with Gasteiger partial charge in [-0.05, 0) is 17.7 Å². The van der Waals surface area contributed by atoms with Crippen LogP contribution in [0.5, 0.6) is 0 Å². The van der Waals surface area contributed by atoms with E-state index in [1.54, 1.807) is 12.4 Å². The molecule has 2 rings (SSSR count). The maximum Gasteiger partial charge on any atom is 0.0518 e. The molecule has 78 valence electrons. The number of nitrogens with zero attached hydrogens (tertiary/aromatic N) is 3. The van der Waals surface area contributed by atoms with Crippen LogP contribution in [0.1, 0.15) is 11.3 Å². The second-order valence-electron chi connectivity index (χ2n) is 3.41. The first-order valence-corrected chi connectivity index (χ1v) is 4.93. The van der Waals surface area contributed by atoms with E-state index in [9.17, 15) is 0 Å². The zero-order chi connectivity index (χ0) is 10.5. The fourth-order valence-electron chi connectivity index (χ4n) is 1.41. The molecule has 0 saturated heterocycles. The van der Waals surface area contributed by atoms with Crippen LogP contribution >= 0.6 is 0 Å². The molecule has 0 aliphatic rings. The molecule has 2 aromatic heterocycles. The number of hydrogen-bond donors (Lipinski definition) is 1. The lowest BCUT2D eigenvalue weighted by atomic mass is 10.3. The molecule has 4 heteroatoms. The number of aryl methyl sites for hydroxylation is 1. The van der Waals surface area contributed by atoms with E-state index in [0.29, 0.717) is 0 Å². The number of rotatable bonds is 4. The van der Waals surface area contributed by atoms with Crippen molar-refractivity contribution in [2.75, 3.05) is 0 Å². The highest BCUT2D eigenvalue weighted by Crippen LogP contribution is 1.98. The van der Waals surface area contributed by atoms with Gasteiger partial charge in [-0.3, -0.25) is 9.67 Å². The van der Waals surface area contributed by atoms with Crippen LogP contribution in [-0.2, 0) is 20.1 Å². The van der Waals surface area contributed by atoms with E-state index in [0.717, 1.165) is 13.1 Å². The highest BCUT2D eigenvalue weighted by atomic mass is 15.3. The maximum absolute atomic E-state index is 4.11. The molecular formula is C11H14N4. The van der Waals surface area contributed by atoms with Gasteiger partial charge in [-0.2, -0.15) is 5.10 Å². The van der Waals surface area contributed by atoms with Gasteiger partial charge in [-0.1, -0.05) is 6.07 Å². The molecule has 0 fully saturated rings. The molecule has 0 spiro atoms. The summed E-state index contributed by atoms with van der Waals surface area (Å²) in [5.74, 6) is 0. The molecule has 2 heterocycles. The summed E-state index contributed by atoms with van der Waals surface area (Å²) in [6.07, 6.45) is 5.46. The topological polar surface area (TPSA) is 42.7 Å². The summed E-state index contributed by atoms with van der Waals surface area (Å²) in [6, 6.07) is 6.01. The minimum absolute atomic E-state index is 0.825. The Kier molecular flexibility index (Phi) is 3.09. The van der Waals surface area contributed by atoms with Gasteiger partial charge in [0.05, 0.1) is 5.69 Å². The molecular weight excluding hydrogens is 188 g/mol. The Labute approximate surface area is 89.0 Å². The Bertz CT molecular complexity index is 408. The van der Waals surface area contributed by atoms with E-state index < -0.39 is 0 Å². The van der Waals surface area contributed by atoms with Gasteiger partial charge in [0.2, 0.25) is 0 Å². The third kappa shape index (κ3) is 2.63. The number of nitrogens with one attached hydrogen (secondary N) is 1. The summed E-state index contributed by atoms with van der Waals surface area (Å²) >= 11 is 0. The van der Waals surface area contributed by atoms with E-state index in [-0.39, 0.29) is 0 Å². The highest BCUT2D eigenvalue weighted by Gasteiger charge is 1.97. The second-order valence-corrected chi connectivity index (χ2v) is 3.41. The van der Waals surface area contributed by atoms with Crippen molar-refractivity contribution in [3.8, 4) is 0 Å². The van der Waals surface area contributed by atoms with Crippen LogP contribution in [0.4, 0.5) is 0 Å². The first-order valence-electron chi connectivity index (χ1n) is 4.93. The monoisotopic (exact) mass is 202 g/mol. The van der Waals surface area contributed by atoms with Crippen LogP contribution in [-0.4, -0.2) is 14.8 Å². The molecule has 0 aliphatic carbocycles. The quantitative estimate of drug-likeness (QED) is 0.807. The molecule has 0 bridgehead atoms. The van der Waals surface area contributed by atoms with Gasteiger partial charge in [0.25, 0.3) is 0 Å². The van der Waals surface area contributed by atoms with E-state index in [4.69, 9.17) is 0 Å². The largest absolute Gasteiger partial charge is 0.307 e. The molecule has 4 nitrogen and oxygen atoms in total. The molecule has 0 amide bonds. The van der Waals surface area contributed by atoms with Gasteiger partial charge in [0, 0.05) is 38.7 Å². The number of hydrogen-bond acceptors (Lipinski definition) is 3. The van der Waals surface area contributed by atoms with Crippen molar-refractivity contribution in [1.82, 2.24) is 20.1 Å². The zero-order valence-corrected chi connectivity index (χ0v) is 8.72. The predicted molar refractivity (Wildman–Crippen MR) is 58.0 cm³/mol. The summed E-state index contributed by atoms with van der Waals surface area (Å²) < 4.78 is 1.87. The SMILES string of the molecule is Cn1nccc1CNCc1cccnc1. The third-order valence-electron chi connectivity index (χ3n) is 2.28. The summed E-state index contributed by atoms with van der Waals surface area (Å²) in [5.41, 5.74) is 2.37. The van der Waals surface area contributed by atoms with Gasteiger partial charge < -0.3 is 5.32 Å². The lowest BCUT2D eigenvalue weighted by Gasteiger charge is -2.04. The van der Waals surface area contributed by atoms with E-state index in [1.807, 2.05) is 30.1 Å². The summed E-state index contributed by atoms with van der Waals surface area (Å²) in [4.78, 5) is 4.06. The lowest BCUT2D eigenvalue weighted by Crippen LogP contribution is -2.15. The van der Waals surface area contributed by atoms with Crippen LogP contribution in [0.25, 0.3) is 0 Å². The normalized spacial score (nSPS) is 10.5. The van der Waals surface area contributed by atoms with Gasteiger partial charge in [0.15, 0.2) is 0 Å². The summed E-state index contributed by atoms with van der Waals surface area (Å²) in [7, 11) is 1.95. The summed E-state index contributed by atoms with van der Waals surface area (Å²) in [5, 5.41) is 7.45. The van der Waals surface area contributed by atoms with Crippen LogP contribution in [0.15, 0.2) is 36.8 Å². The predicted octanol–water partition coefficient (Wildman–Crippen LogP) is 1.10. The van der Waals surface area contributed by atoms with Crippen molar-refractivity contribution in [2.45, 2.75) is 13.1 Å². The fraction of sp³-hybridized carbons (Fsp3) is 0.273. The fourth-order valence-corrected chi connectivity index (χ4v) is 1.41. The Hall–Kier alpha value is -1.68. The molecule has 2 aromatic rings. The smallest absolute Gasteiger partial charge is 0.0518 e. The van der Waals surface area contributed by atoms with E-state index >= 15 is 0 Å². The lowest BCUT2D eigenvalue weighted by molar-refractivity contribution is 0.625. The van der Waals surface area contributed by atoms with Gasteiger partial charge in [-0.25, -0.2) is 0 Å². The first kappa shape index (κ1) is 9.86. The number of aromatic nitrogens is 3. The molecule has 0 saturated carbocycles. The van der Waals surface area contributed by atoms with Gasteiger partial charge in [0.1, 0.15) is 0 Å². The van der Waals surface area contributed by atoms with E-state index in [2.05, 4.69) is 21.5 Å². The van der Waals surface area contributed by atoms with E-state index in [1.165, 1.54) is 11.3 Å². The summed E-state index contributed by atoms with van der Waals surface area (Å²) in [6.45, 7) is 1.66. The molecule has 0 unspecified atom stereocenters. The van der Waals surface area contributed by atoms with Crippen molar-refractivity contribution in [2.24, 2.45) is 7.05 Å². The van der Waals surface area contributed by atoms with Crippen LogP contribution in [0, 0.1) is 0 Å². The Balaban J connectivity index is 1.83. The van der Waals surface area contributed by atoms with Crippen molar-refractivity contribution < 1.29 is 0 Å². The first-order chi connectivity index (χ1) is 7.36. The standard InChI is InChI=1S/C11H14N4/c1-15-11(4-6-14-15)9-13-8-10-3-2-5-12-7-10/h2-7,13H,8-9H2,1H3. The molecule has 0 aromatic carbocycles. The van der Waals surface area contributed by atoms with Crippen LogP contribution in [0.2, 0.25) is 0 Å². The molecule has 15 heavy (non-hydrogen) atoms. The van der Waals surface area contributed by atoms with Crippen molar-refractivity contribution in [3.05, 3.63) is 48.0 Å². The minimum Gasteiger partial charge on any atom is -0.307 e. The van der Waals surface area contributed by atoms with Gasteiger partial charge >= 0.3 is 0 Å². The highest BCUT2D eigenvalue weighted by molar-refractivity contribution is 5.08. The third-order valence-corrected chi connectivity index (χ3v) is 2.28. The Morgan fingerprint density at radius 2 is 2.20 bits per heavy atom. The molecule has 0 atom stereocenters. The molecule has 0 aliphatic heterocycles. The molecule has 0 radical (unpaired) electrons. The van der Waals surface area contributed by atoms with Crippen LogP contribution in [0.3, 0.4) is 0 Å². The maximum atomic E-state index is 4.11. The zero-order valence-electron chi connectivity index (χ0n) is 8.72. The van der Waals surface area contributed by atoms with Crippen LogP contribution < -0.4 is 5.32 Å². The number of pyridine rings is 1. The second kappa shape index (κ2) is 4.70. The Morgan fingerprint density at radius 3 is 2.87 bits per heavy atom. The molecule has 1 N–H and O–H groups in total. The average molecular weight is 202 g/mol. The Morgan fingerprint density at radius 1 is 1.27 bits per heavy atom. The van der Waals surface area contributed by atoms with Crippen molar-refractivity contribution >= 4 is 0 Å². The van der Waals surface area contributed by atoms with Gasteiger partial charge in [-0.15, -0.1) is 0 Å². The van der Waals surface area contributed by atoms with Crippen molar-refractivity contribution in [3.63, 3.8) is 0 Å². The van der Waals surface area contributed by atoms with Crippen molar-refractivity contribution in [1.29, 1.82) is 0 Å². The average Bonchev–Trinajstić information content (AvgIpc) is 2.66.